The van der Waals surface area contributed by atoms with Crippen LogP contribution < -0.4 is 10.5 Å². The molecule has 18 heavy (non-hydrogen) atoms. The molecule has 0 aliphatic heterocycles. The van der Waals surface area contributed by atoms with E-state index in [0.29, 0.717) is 0 Å². The molecule has 2 rings (SSSR count). The number of halogens is 1. The molecule has 0 heterocycles. The summed E-state index contributed by atoms with van der Waals surface area (Å²) in [5, 5.41) is 10.6. The highest BCUT2D eigenvalue weighted by Gasteiger charge is 2.11. The minimum Gasteiger partial charge on any atom is -0.454 e. The molecule has 0 fully saturated rings. The SMILES string of the molecule is Nc1cc(Oc2ccccc2F)cc([N+](=O)[O-])c1. The molecule has 2 aromatic carbocycles. The maximum Gasteiger partial charge on any atom is 0.275 e. The van der Waals surface area contributed by atoms with Crippen LogP contribution >= 0.6 is 0 Å². The number of hydrogen-bond donors (Lipinski definition) is 1. The van der Waals surface area contributed by atoms with E-state index in [2.05, 4.69) is 0 Å². The maximum absolute atomic E-state index is 13.3. The maximum atomic E-state index is 13.3. The van der Waals surface area contributed by atoms with Crippen LogP contribution in [0.5, 0.6) is 11.5 Å². The average molecular weight is 248 g/mol. The van der Waals surface area contributed by atoms with Gasteiger partial charge in [0.15, 0.2) is 11.6 Å². The van der Waals surface area contributed by atoms with Crippen molar-refractivity contribution in [3.05, 3.63) is 58.4 Å². The lowest BCUT2D eigenvalue weighted by atomic mass is 10.2. The van der Waals surface area contributed by atoms with Crippen molar-refractivity contribution in [2.24, 2.45) is 0 Å². The molecule has 0 unspecified atom stereocenters. The second-order valence-corrected chi connectivity index (χ2v) is 3.55. The molecule has 0 radical (unpaired) electrons. The van der Waals surface area contributed by atoms with Crippen LogP contribution in [0.15, 0.2) is 42.5 Å². The number of ether oxygens (including phenoxy) is 1. The van der Waals surface area contributed by atoms with E-state index in [-0.39, 0.29) is 22.9 Å². The average Bonchev–Trinajstić information content (AvgIpc) is 2.31. The Morgan fingerprint density at radius 2 is 1.94 bits per heavy atom. The van der Waals surface area contributed by atoms with Crippen molar-refractivity contribution in [2.45, 2.75) is 0 Å². The summed E-state index contributed by atoms with van der Waals surface area (Å²) >= 11 is 0. The summed E-state index contributed by atoms with van der Waals surface area (Å²) in [6, 6.07) is 9.54. The zero-order chi connectivity index (χ0) is 13.1. The molecular weight excluding hydrogens is 239 g/mol. The van der Waals surface area contributed by atoms with Gasteiger partial charge in [-0.25, -0.2) is 4.39 Å². The number of nitrogen functional groups attached to an aromatic ring is 1. The molecule has 0 atom stereocenters. The van der Waals surface area contributed by atoms with Gasteiger partial charge in [-0.3, -0.25) is 10.1 Å². The second-order valence-electron chi connectivity index (χ2n) is 3.55. The van der Waals surface area contributed by atoms with Gasteiger partial charge in [0.1, 0.15) is 5.75 Å². The highest BCUT2D eigenvalue weighted by atomic mass is 19.1. The Bertz CT molecular complexity index is 602. The molecule has 0 aliphatic rings. The van der Waals surface area contributed by atoms with E-state index in [4.69, 9.17) is 10.5 Å². The van der Waals surface area contributed by atoms with Gasteiger partial charge in [-0.2, -0.15) is 0 Å². The van der Waals surface area contributed by atoms with E-state index in [0.717, 1.165) is 0 Å². The molecule has 0 bridgehead atoms. The normalized spacial score (nSPS) is 10.1. The summed E-state index contributed by atoms with van der Waals surface area (Å²) in [7, 11) is 0. The van der Waals surface area contributed by atoms with Crippen molar-refractivity contribution < 1.29 is 14.1 Å². The van der Waals surface area contributed by atoms with E-state index in [9.17, 15) is 14.5 Å². The third kappa shape index (κ3) is 2.54. The van der Waals surface area contributed by atoms with Gasteiger partial charge in [0.05, 0.1) is 11.0 Å². The molecule has 0 spiro atoms. The lowest BCUT2D eigenvalue weighted by Crippen LogP contribution is -1.94. The van der Waals surface area contributed by atoms with Gasteiger partial charge >= 0.3 is 0 Å². The van der Waals surface area contributed by atoms with Gasteiger partial charge in [-0.1, -0.05) is 12.1 Å². The summed E-state index contributed by atoms with van der Waals surface area (Å²) in [5.41, 5.74) is 5.48. The van der Waals surface area contributed by atoms with Crippen molar-refractivity contribution in [1.82, 2.24) is 0 Å². The Morgan fingerprint density at radius 1 is 1.22 bits per heavy atom. The molecule has 0 saturated carbocycles. The number of hydrogen-bond acceptors (Lipinski definition) is 4. The van der Waals surface area contributed by atoms with Gasteiger partial charge in [-0.05, 0) is 12.1 Å². The first kappa shape index (κ1) is 11.8. The zero-order valence-electron chi connectivity index (χ0n) is 9.17. The molecule has 2 N–H and O–H groups in total. The number of para-hydroxylation sites is 1. The molecule has 0 aliphatic carbocycles. The summed E-state index contributed by atoms with van der Waals surface area (Å²) in [5.74, 6) is -0.452. The fraction of sp³-hybridized carbons (Fsp3) is 0. The number of anilines is 1. The van der Waals surface area contributed by atoms with Crippen LogP contribution in [0.4, 0.5) is 15.8 Å². The predicted molar refractivity (Wildman–Crippen MR) is 64.0 cm³/mol. The molecule has 6 heteroatoms. The van der Waals surface area contributed by atoms with Crippen LogP contribution in [0, 0.1) is 15.9 Å². The molecule has 2 aromatic rings. The third-order valence-electron chi connectivity index (χ3n) is 2.19. The zero-order valence-corrected chi connectivity index (χ0v) is 9.17. The summed E-state index contributed by atoms with van der Waals surface area (Å²) in [4.78, 5) is 10.1. The lowest BCUT2D eigenvalue weighted by Gasteiger charge is -2.07. The minimum absolute atomic E-state index is 0.0163. The van der Waals surface area contributed by atoms with Crippen molar-refractivity contribution in [1.29, 1.82) is 0 Å². The summed E-state index contributed by atoms with van der Waals surface area (Å²) in [6.45, 7) is 0. The third-order valence-corrected chi connectivity index (χ3v) is 2.19. The largest absolute Gasteiger partial charge is 0.454 e. The first-order valence-electron chi connectivity index (χ1n) is 5.03. The highest BCUT2D eigenvalue weighted by molar-refractivity contribution is 5.54. The number of nitrogens with zero attached hydrogens (tertiary/aromatic N) is 1. The molecule has 0 amide bonds. The number of nitrogens with two attached hydrogens (primary N) is 1. The fourth-order valence-corrected chi connectivity index (χ4v) is 1.42. The van der Waals surface area contributed by atoms with E-state index in [1.54, 1.807) is 6.07 Å². The number of rotatable bonds is 3. The van der Waals surface area contributed by atoms with E-state index in [1.807, 2.05) is 0 Å². The Kier molecular flexibility index (Phi) is 3.09. The monoisotopic (exact) mass is 248 g/mol. The van der Waals surface area contributed by atoms with Gasteiger partial charge < -0.3 is 10.5 Å². The first-order valence-corrected chi connectivity index (χ1v) is 5.03. The number of nitro benzene ring substituents is 1. The Labute approximate surface area is 102 Å². The number of nitro groups is 1. The molecule has 5 nitrogen and oxygen atoms in total. The molecular formula is C12H9FN2O3. The van der Waals surface area contributed by atoms with Crippen molar-refractivity contribution >= 4 is 11.4 Å². The van der Waals surface area contributed by atoms with E-state index >= 15 is 0 Å². The smallest absolute Gasteiger partial charge is 0.275 e. The quantitative estimate of drug-likeness (QED) is 0.514. The van der Waals surface area contributed by atoms with Crippen LogP contribution in [-0.2, 0) is 0 Å². The van der Waals surface area contributed by atoms with Crippen LogP contribution in [-0.4, -0.2) is 4.92 Å². The Balaban J connectivity index is 2.35. The Morgan fingerprint density at radius 3 is 2.61 bits per heavy atom. The van der Waals surface area contributed by atoms with Crippen molar-refractivity contribution in [2.75, 3.05) is 5.73 Å². The molecule has 92 valence electrons. The summed E-state index contributed by atoms with van der Waals surface area (Å²) < 4.78 is 18.6. The topological polar surface area (TPSA) is 78.4 Å². The van der Waals surface area contributed by atoms with Crippen LogP contribution in [0.25, 0.3) is 0 Å². The fourth-order valence-electron chi connectivity index (χ4n) is 1.42. The second kappa shape index (κ2) is 4.70. The number of benzene rings is 2. The minimum atomic E-state index is -0.593. The van der Waals surface area contributed by atoms with E-state index < -0.39 is 10.7 Å². The highest BCUT2D eigenvalue weighted by Crippen LogP contribution is 2.29. The number of non-ortho nitro benzene ring substituents is 1. The molecule has 0 aromatic heterocycles. The van der Waals surface area contributed by atoms with Gasteiger partial charge in [-0.15, -0.1) is 0 Å². The first-order chi connectivity index (χ1) is 8.56. The van der Waals surface area contributed by atoms with Crippen LogP contribution in [0.3, 0.4) is 0 Å². The standard InChI is InChI=1S/C12H9FN2O3/c13-11-3-1-2-4-12(11)18-10-6-8(14)5-9(7-10)15(16)17/h1-7H,14H2. The van der Waals surface area contributed by atoms with Crippen LogP contribution in [0.2, 0.25) is 0 Å². The van der Waals surface area contributed by atoms with Crippen molar-refractivity contribution in [3.8, 4) is 11.5 Å². The van der Waals surface area contributed by atoms with E-state index in [1.165, 1.54) is 36.4 Å². The van der Waals surface area contributed by atoms with Gasteiger partial charge in [0.25, 0.3) is 5.69 Å². The molecule has 0 saturated heterocycles. The van der Waals surface area contributed by atoms with Gasteiger partial charge in [0.2, 0.25) is 0 Å². The van der Waals surface area contributed by atoms with Crippen LogP contribution in [0.1, 0.15) is 0 Å². The van der Waals surface area contributed by atoms with Gasteiger partial charge in [0, 0.05) is 17.8 Å². The van der Waals surface area contributed by atoms with Crippen molar-refractivity contribution in [3.63, 3.8) is 0 Å². The Hall–Kier alpha value is -2.63. The predicted octanol–water partition coefficient (Wildman–Crippen LogP) is 3.11. The summed E-state index contributed by atoms with van der Waals surface area (Å²) in [6.07, 6.45) is 0. The lowest BCUT2D eigenvalue weighted by molar-refractivity contribution is -0.384.